The molecule has 0 bridgehead atoms. The lowest BCUT2D eigenvalue weighted by Crippen LogP contribution is -2.50. The van der Waals surface area contributed by atoms with Gasteiger partial charge in [-0.1, -0.05) is 49.1 Å². The summed E-state index contributed by atoms with van der Waals surface area (Å²) in [7, 11) is 0. The zero-order valence-corrected chi connectivity index (χ0v) is 14.6. The molecule has 144 valence electrons. The van der Waals surface area contributed by atoms with Gasteiger partial charge in [-0.05, 0) is 24.6 Å². The highest BCUT2D eigenvalue weighted by atomic mass is 19.4. The van der Waals surface area contributed by atoms with Crippen molar-refractivity contribution in [2.75, 3.05) is 13.2 Å². The van der Waals surface area contributed by atoms with Crippen molar-refractivity contribution in [3.63, 3.8) is 0 Å². The maximum atomic E-state index is 13.6. The zero-order chi connectivity index (χ0) is 20.1. The van der Waals surface area contributed by atoms with Gasteiger partial charge in [0.2, 0.25) is 0 Å². The Kier molecular flexibility index (Phi) is 6.28. The number of rotatable bonds is 7. The van der Waals surface area contributed by atoms with E-state index < -0.39 is 23.3 Å². The third kappa shape index (κ3) is 4.14. The van der Waals surface area contributed by atoms with Crippen molar-refractivity contribution in [2.24, 2.45) is 0 Å². The van der Waals surface area contributed by atoms with Gasteiger partial charge in [0.15, 0.2) is 0 Å². The van der Waals surface area contributed by atoms with E-state index in [1.165, 1.54) is 19.1 Å². The molecule has 0 fully saturated rings. The van der Waals surface area contributed by atoms with Crippen LogP contribution in [0.3, 0.4) is 0 Å². The van der Waals surface area contributed by atoms with Crippen molar-refractivity contribution < 1.29 is 32.5 Å². The number of hydrogen-bond acceptors (Lipinski definition) is 4. The monoisotopic (exact) mass is 380 g/mol. The Morgan fingerprint density at radius 2 is 1.85 bits per heavy atom. The topological polar surface area (TPSA) is 55.8 Å². The molecule has 0 unspecified atom stereocenters. The predicted molar refractivity (Wildman–Crippen MR) is 94.2 cm³/mol. The molecule has 1 N–H and O–H groups in total. The van der Waals surface area contributed by atoms with Crippen molar-refractivity contribution in [1.82, 2.24) is 0 Å². The van der Waals surface area contributed by atoms with Crippen molar-refractivity contribution in [3.05, 3.63) is 66.7 Å². The van der Waals surface area contributed by atoms with Crippen LogP contribution in [0.25, 0.3) is 11.1 Å². The van der Waals surface area contributed by atoms with Crippen LogP contribution < -0.4 is 4.74 Å². The van der Waals surface area contributed by atoms with E-state index in [1.807, 2.05) is 0 Å². The molecule has 0 aromatic heterocycles. The molecule has 27 heavy (non-hydrogen) atoms. The quantitative estimate of drug-likeness (QED) is 0.577. The first kappa shape index (κ1) is 20.5. The molecule has 0 spiro atoms. The number of esters is 1. The molecule has 0 radical (unpaired) electrons. The van der Waals surface area contributed by atoms with Crippen LogP contribution in [0.5, 0.6) is 5.75 Å². The number of hydrogen-bond donors (Lipinski definition) is 1. The van der Waals surface area contributed by atoms with Gasteiger partial charge in [-0.3, -0.25) is 0 Å². The summed E-state index contributed by atoms with van der Waals surface area (Å²) in [4.78, 5) is 12.0. The van der Waals surface area contributed by atoms with Gasteiger partial charge >= 0.3 is 12.1 Å². The first-order valence-corrected chi connectivity index (χ1v) is 8.15. The molecule has 2 rings (SSSR count). The molecule has 4 nitrogen and oxygen atoms in total. The summed E-state index contributed by atoms with van der Waals surface area (Å²) in [5.41, 5.74) is -3.59. The molecular formula is C20H19F3O4. The Bertz CT molecular complexity index is 803. The molecule has 7 heteroatoms. The summed E-state index contributed by atoms with van der Waals surface area (Å²) in [6.07, 6.45) is -3.77. The van der Waals surface area contributed by atoms with E-state index in [9.17, 15) is 23.1 Å². The second kappa shape index (κ2) is 8.26. The standard InChI is InChI=1S/C20H19F3O4/c1-3-12-27-17-11-10-15(13-16(17)14-8-6-5-7-9-14)19(25,20(21,22)23)18(24)26-4-2/h3,5-11,13,25H,1,4,12H2,2H3/t19-/m0/s1. The molecule has 0 heterocycles. The average molecular weight is 380 g/mol. The normalized spacial score (nSPS) is 13.5. The van der Waals surface area contributed by atoms with Gasteiger partial charge in [-0.15, -0.1) is 0 Å². The molecule has 0 aliphatic heterocycles. The van der Waals surface area contributed by atoms with E-state index in [0.717, 1.165) is 12.1 Å². The SMILES string of the molecule is C=CCOc1ccc([C@](O)(C(=O)OCC)C(F)(F)F)cc1-c1ccccc1. The van der Waals surface area contributed by atoms with Gasteiger partial charge in [0.1, 0.15) is 12.4 Å². The van der Waals surface area contributed by atoms with Gasteiger partial charge in [0.05, 0.1) is 6.61 Å². The van der Waals surface area contributed by atoms with Crippen LogP contribution in [0.1, 0.15) is 12.5 Å². The molecule has 0 amide bonds. The molecule has 0 aliphatic carbocycles. The molecule has 2 aromatic carbocycles. The Morgan fingerprint density at radius 3 is 2.41 bits per heavy atom. The van der Waals surface area contributed by atoms with Crippen LogP contribution in [0.4, 0.5) is 13.2 Å². The van der Waals surface area contributed by atoms with Gasteiger partial charge in [-0.2, -0.15) is 13.2 Å². The summed E-state index contributed by atoms with van der Waals surface area (Å²) in [5.74, 6) is -1.49. The van der Waals surface area contributed by atoms with E-state index in [1.54, 1.807) is 30.3 Å². The lowest BCUT2D eigenvalue weighted by atomic mass is 9.90. The maximum absolute atomic E-state index is 13.6. The Balaban J connectivity index is 2.65. The van der Waals surface area contributed by atoms with Gasteiger partial charge in [-0.25, -0.2) is 4.79 Å². The zero-order valence-electron chi connectivity index (χ0n) is 14.6. The predicted octanol–water partition coefficient (Wildman–Crippen LogP) is 4.23. The van der Waals surface area contributed by atoms with E-state index >= 15 is 0 Å². The minimum absolute atomic E-state index is 0.139. The number of ether oxygens (including phenoxy) is 2. The molecule has 0 aliphatic rings. The van der Waals surface area contributed by atoms with Crippen LogP contribution in [0.2, 0.25) is 0 Å². The molecule has 1 atom stereocenters. The lowest BCUT2D eigenvalue weighted by molar-refractivity contribution is -0.267. The Labute approximate surface area is 154 Å². The van der Waals surface area contributed by atoms with Gasteiger partial charge in [0, 0.05) is 11.1 Å². The molecule has 0 saturated carbocycles. The largest absolute Gasteiger partial charge is 0.489 e. The van der Waals surface area contributed by atoms with Crippen LogP contribution in [-0.4, -0.2) is 30.5 Å². The van der Waals surface area contributed by atoms with E-state index in [2.05, 4.69) is 11.3 Å². The third-order valence-electron chi connectivity index (χ3n) is 3.82. The van der Waals surface area contributed by atoms with Crippen LogP contribution >= 0.6 is 0 Å². The minimum atomic E-state index is -5.27. The highest BCUT2D eigenvalue weighted by molar-refractivity contribution is 5.83. The number of halogens is 3. The number of aliphatic hydroxyl groups is 1. The maximum Gasteiger partial charge on any atom is 0.432 e. The second-order valence-electron chi connectivity index (χ2n) is 5.61. The molecule has 0 saturated heterocycles. The number of carbonyl (C=O) groups is 1. The second-order valence-corrected chi connectivity index (χ2v) is 5.61. The first-order valence-electron chi connectivity index (χ1n) is 8.15. The number of alkyl halides is 3. The van der Waals surface area contributed by atoms with Crippen molar-refractivity contribution in [1.29, 1.82) is 0 Å². The van der Waals surface area contributed by atoms with Crippen molar-refractivity contribution >= 4 is 5.97 Å². The fourth-order valence-electron chi connectivity index (χ4n) is 2.51. The molecular weight excluding hydrogens is 361 g/mol. The third-order valence-corrected chi connectivity index (χ3v) is 3.82. The first-order chi connectivity index (χ1) is 12.8. The van der Waals surface area contributed by atoms with Crippen molar-refractivity contribution in [3.8, 4) is 16.9 Å². The highest BCUT2D eigenvalue weighted by Gasteiger charge is 2.62. The fraction of sp³-hybridized carbons (Fsp3) is 0.250. The summed E-state index contributed by atoms with van der Waals surface area (Å²) in [6.45, 7) is 4.73. The van der Waals surface area contributed by atoms with Crippen LogP contribution in [0.15, 0.2) is 61.2 Å². The summed E-state index contributed by atoms with van der Waals surface area (Å²) in [6, 6.07) is 11.9. The molecule has 2 aromatic rings. The highest BCUT2D eigenvalue weighted by Crippen LogP contribution is 2.43. The van der Waals surface area contributed by atoms with Gasteiger partial charge in [0.25, 0.3) is 5.60 Å². The summed E-state index contributed by atoms with van der Waals surface area (Å²) in [5, 5.41) is 10.3. The van der Waals surface area contributed by atoms with Crippen molar-refractivity contribution in [2.45, 2.75) is 18.7 Å². The van der Waals surface area contributed by atoms with Crippen LogP contribution in [0, 0.1) is 0 Å². The Hall–Kier alpha value is -2.80. The number of benzene rings is 2. The summed E-state index contributed by atoms with van der Waals surface area (Å²) < 4.78 is 50.8. The smallest absolute Gasteiger partial charge is 0.432 e. The minimum Gasteiger partial charge on any atom is -0.489 e. The van der Waals surface area contributed by atoms with E-state index in [0.29, 0.717) is 16.9 Å². The fourth-order valence-corrected chi connectivity index (χ4v) is 2.51. The van der Waals surface area contributed by atoms with Crippen LogP contribution in [-0.2, 0) is 15.1 Å². The Morgan fingerprint density at radius 1 is 1.19 bits per heavy atom. The lowest BCUT2D eigenvalue weighted by Gasteiger charge is -2.29. The van der Waals surface area contributed by atoms with E-state index in [4.69, 9.17) is 4.74 Å². The van der Waals surface area contributed by atoms with Gasteiger partial charge < -0.3 is 14.6 Å². The van der Waals surface area contributed by atoms with E-state index in [-0.39, 0.29) is 13.2 Å². The number of carbonyl (C=O) groups excluding carboxylic acids is 1. The summed E-state index contributed by atoms with van der Waals surface area (Å²) >= 11 is 0. The average Bonchev–Trinajstić information content (AvgIpc) is 2.65.